The van der Waals surface area contributed by atoms with Crippen LogP contribution in [-0.2, 0) is 35.2 Å². The molecular weight excluding hydrogens is 642 g/mol. The Bertz CT molecular complexity index is 1090. The molecule has 0 aliphatic carbocycles. The average molecular weight is 694 g/mol. The molecule has 0 amide bonds. The molecule has 0 aromatic heterocycles. The first-order chi connectivity index (χ1) is 22.2. The van der Waals surface area contributed by atoms with E-state index >= 15 is 0 Å². The zero-order valence-corrected chi connectivity index (χ0v) is 26.5. The Balaban J connectivity index is -0.000000258. The number of carboxylic acid groups (broad SMARTS) is 6. The van der Waals surface area contributed by atoms with Gasteiger partial charge < -0.3 is 76.5 Å². The number of hydrogen-bond donors (Lipinski definition) is 14. The van der Waals surface area contributed by atoms with Gasteiger partial charge in [0, 0.05) is 6.54 Å². The first-order valence-corrected chi connectivity index (χ1v) is 14.1. The van der Waals surface area contributed by atoms with E-state index in [4.69, 9.17) is 70.8 Å². The van der Waals surface area contributed by atoms with Crippen LogP contribution >= 0.6 is 0 Å². The number of aliphatic carboxylic acids is 6. The number of carboxylic acids is 6. The Morgan fingerprint density at radius 2 is 1.02 bits per heavy atom. The van der Waals surface area contributed by atoms with Crippen LogP contribution in [0.25, 0.3) is 0 Å². The third-order valence-corrected chi connectivity index (χ3v) is 5.07. The fourth-order valence-electron chi connectivity index (χ4n) is 2.51. The Kier molecular flexibility index (Phi) is 33.3. The minimum Gasteiger partial charge on any atom is -0.481 e. The highest BCUT2D eigenvalue weighted by molar-refractivity contribution is 5.80. The third kappa shape index (κ3) is 39.1. The maximum absolute atomic E-state index is 10.4. The van der Waals surface area contributed by atoms with Crippen molar-refractivity contribution < 1.29 is 59.4 Å². The second kappa shape index (κ2) is 32.0. The normalized spacial score (nSPS) is 12.0. The van der Waals surface area contributed by atoms with Crippen molar-refractivity contribution in [1.29, 1.82) is 0 Å². The van der Waals surface area contributed by atoms with Gasteiger partial charge in [-0.2, -0.15) is 0 Å². The lowest BCUT2D eigenvalue weighted by molar-refractivity contribution is -0.144. The largest absolute Gasteiger partial charge is 0.481 e. The minimum absolute atomic E-state index is 0.0129. The number of hydrogen-bond acceptors (Lipinski definition) is 13. The van der Waals surface area contributed by atoms with E-state index in [1.54, 1.807) is 0 Å². The molecule has 21 heteroatoms. The Morgan fingerprint density at radius 1 is 0.604 bits per heavy atom. The van der Waals surface area contributed by atoms with Gasteiger partial charge in [0.1, 0.15) is 24.2 Å². The van der Waals surface area contributed by atoms with Gasteiger partial charge in [-0.15, -0.1) is 0 Å². The smallest absolute Gasteiger partial charge is 0.321 e. The predicted molar refractivity (Wildman–Crippen MR) is 174 cm³/mol. The summed E-state index contributed by atoms with van der Waals surface area (Å²) in [5.41, 5.74) is 41.4. The molecule has 276 valence electrons. The number of carbonyl (C=O) groups is 6. The lowest BCUT2D eigenvalue weighted by Crippen LogP contribution is -2.32. The zero-order valence-electron chi connectivity index (χ0n) is 26.5. The molecule has 0 bridgehead atoms. The molecule has 0 aliphatic rings. The van der Waals surface area contributed by atoms with Gasteiger partial charge in [-0.3, -0.25) is 33.8 Å². The summed E-state index contributed by atoms with van der Waals surface area (Å²) in [6.07, 6.45) is 2.97. The molecule has 0 saturated heterocycles. The summed E-state index contributed by atoms with van der Waals surface area (Å²) in [4.78, 5) is 63.3. The van der Waals surface area contributed by atoms with E-state index in [1.807, 2.05) is 30.3 Å². The number of nitrogens with two attached hydrogens (primary N) is 8. The molecule has 0 radical (unpaired) electrons. The second-order valence-electron chi connectivity index (χ2n) is 9.40. The van der Waals surface area contributed by atoms with Crippen molar-refractivity contribution in [2.75, 3.05) is 19.6 Å². The second-order valence-corrected chi connectivity index (χ2v) is 9.40. The van der Waals surface area contributed by atoms with E-state index in [0.717, 1.165) is 18.4 Å². The Morgan fingerprint density at radius 3 is 1.33 bits per heavy atom. The average Bonchev–Trinajstić information content (AvgIpc) is 3.00. The van der Waals surface area contributed by atoms with Crippen molar-refractivity contribution in [3.05, 3.63) is 35.9 Å². The molecule has 0 aliphatic heterocycles. The molecule has 0 saturated carbocycles. The molecule has 48 heavy (non-hydrogen) atoms. The minimum atomic E-state index is -1.29. The maximum atomic E-state index is 10.4. The van der Waals surface area contributed by atoms with Gasteiger partial charge in [0.25, 0.3) is 0 Å². The molecule has 0 heterocycles. The molecule has 1 rings (SSSR count). The lowest BCUT2D eigenvalue weighted by Gasteiger charge is -2.04. The third-order valence-electron chi connectivity index (χ3n) is 5.07. The zero-order chi connectivity index (χ0) is 38.2. The quantitative estimate of drug-likeness (QED) is 0.0428. The van der Waals surface area contributed by atoms with Crippen LogP contribution in [0.4, 0.5) is 0 Å². The predicted octanol–water partition coefficient (Wildman–Crippen LogP) is -3.48. The number of rotatable bonds is 17. The van der Waals surface area contributed by atoms with Gasteiger partial charge in [-0.1, -0.05) is 36.8 Å². The van der Waals surface area contributed by atoms with Crippen molar-refractivity contribution in [3.63, 3.8) is 0 Å². The SMILES string of the molecule is NC(N)=NCCC[C@H](N)C(=O)O.NCC(=O)O.NCCCC[C@H](N)C(=O)O.N[C@@H](CC(=O)O)C(=O)O.N[C@H](Cc1ccccc1)C(=O)O. The van der Waals surface area contributed by atoms with Crippen molar-refractivity contribution in [3.8, 4) is 0 Å². The number of unbranched alkanes of at least 4 members (excludes halogenated alkanes) is 1. The van der Waals surface area contributed by atoms with E-state index in [9.17, 15) is 28.8 Å². The van der Waals surface area contributed by atoms with Crippen molar-refractivity contribution in [2.24, 2.45) is 50.9 Å². The first-order valence-electron chi connectivity index (χ1n) is 14.1. The van der Waals surface area contributed by atoms with Crippen LogP contribution in [0.3, 0.4) is 0 Å². The highest BCUT2D eigenvalue weighted by Crippen LogP contribution is 2.01. The summed E-state index contributed by atoms with van der Waals surface area (Å²) in [5, 5.41) is 48.9. The Hall–Kier alpha value is -4.93. The number of aliphatic imine (C=N–C) groups is 1. The van der Waals surface area contributed by atoms with Crippen LogP contribution in [0, 0.1) is 0 Å². The maximum Gasteiger partial charge on any atom is 0.321 e. The molecule has 22 N–H and O–H groups in total. The van der Waals surface area contributed by atoms with Crippen molar-refractivity contribution in [1.82, 2.24) is 0 Å². The van der Waals surface area contributed by atoms with Crippen LogP contribution in [0.15, 0.2) is 35.3 Å². The highest BCUT2D eigenvalue weighted by Gasteiger charge is 2.14. The van der Waals surface area contributed by atoms with Crippen molar-refractivity contribution >= 4 is 41.8 Å². The van der Waals surface area contributed by atoms with Crippen LogP contribution in [0.5, 0.6) is 0 Å². The standard InChI is InChI=1S/C9H11NO2.C6H14N4O2.C6H14N2O2.C4H7NO4.C2H5NO2/c10-8(9(11)12)6-7-4-2-1-3-5-7;7-4(5(11)12)2-1-3-10-6(8)9;7-4-2-1-3-5(8)6(9)10;5-2(4(8)9)1-3(6)7;3-1-2(4)5/h1-5,8H,6,10H2,(H,11,12);4H,1-3,7H2,(H,11,12)(H4,8,9,10);5H,1-4,7-8H2,(H,9,10);2H,1,5H2,(H,6,7)(H,8,9);1,3H2,(H,4,5)/t8-;4-;5-;2-;/m1000./s1. The highest BCUT2D eigenvalue weighted by atomic mass is 16.4. The summed E-state index contributed by atoms with van der Waals surface area (Å²) in [7, 11) is 0. The van der Waals surface area contributed by atoms with E-state index in [1.165, 1.54) is 0 Å². The van der Waals surface area contributed by atoms with Gasteiger partial charge in [0.05, 0.1) is 13.0 Å². The van der Waals surface area contributed by atoms with E-state index in [2.05, 4.69) is 10.7 Å². The van der Waals surface area contributed by atoms with Crippen LogP contribution in [0.2, 0.25) is 0 Å². The summed E-state index contributed by atoms with van der Waals surface area (Å²) >= 11 is 0. The van der Waals surface area contributed by atoms with E-state index in [-0.39, 0.29) is 12.5 Å². The molecule has 0 spiro atoms. The molecule has 4 atom stereocenters. The van der Waals surface area contributed by atoms with E-state index < -0.39 is 66.4 Å². The van der Waals surface area contributed by atoms with Gasteiger partial charge in [-0.25, -0.2) is 0 Å². The van der Waals surface area contributed by atoms with Gasteiger partial charge in [-0.05, 0) is 44.2 Å². The van der Waals surface area contributed by atoms with Gasteiger partial charge in [0.15, 0.2) is 5.96 Å². The lowest BCUT2D eigenvalue weighted by atomic mass is 10.1. The molecular formula is C27H51N9O12. The molecule has 1 aromatic rings. The summed E-state index contributed by atoms with van der Waals surface area (Å²) < 4.78 is 0. The molecule has 0 unspecified atom stereocenters. The number of guanidine groups is 1. The van der Waals surface area contributed by atoms with E-state index in [0.29, 0.717) is 38.8 Å². The first kappa shape index (κ1) is 49.9. The monoisotopic (exact) mass is 693 g/mol. The van der Waals surface area contributed by atoms with Gasteiger partial charge >= 0.3 is 35.8 Å². The van der Waals surface area contributed by atoms with Crippen LogP contribution in [0.1, 0.15) is 44.1 Å². The number of nitrogens with zero attached hydrogens (tertiary/aromatic N) is 1. The molecule has 21 nitrogen and oxygen atoms in total. The van der Waals surface area contributed by atoms with Crippen LogP contribution < -0.4 is 45.9 Å². The summed E-state index contributed by atoms with van der Waals surface area (Å²) in [6, 6.07) is 5.72. The summed E-state index contributed by atoms with van der Waals surface area (Å²) in [5.74, 6) is -6.35. The summed E-state index contributed by atoms with van der Waals surface area (Å²) in [6.45, 7) is 0.746. The molecule has 1 aromatic carbocycles. The van der Waals surface area contributed by atoms with Gasteiger partial charge in [0.2, 0.25) is 0 Å². The Labute approximate surface area is 276 Å². The number of benzene rings is 1. The van der Waals surface area contributed by atoms with Crippen LogP contribution in [-0.4, -0.2) is 116 Å². The fraction of sp³-hybridized carbons (Fsp3) is 0.519. The topological polar surface area (TPSA) is 444 Å². The fourth-order valence-corrected chi connectivity index (χ4v) is 2.51. The van der Waals surface area contributed by atoms with Crippen molar-refractivity contribution in [2.45, 2.75) is 69.1 Å². The molecule has 0 fully saturated rings.